The predicted molar refractivity (Wildman–Crippen MR) is 79.7 cm³/mol. The van der Waals surface area contributed by atoms with E-state index in [0.717, 1.165) is 11.1 Å². The van der Waals surface area contributed by atoms with E-state index in [1.165, 1.54) is 0 Å². The fourth-order valence-corrected chi connectivity index (χ4v) is 2.71. The summed E-state index contributed by atoms with van der Waals surface area (Å²) >= 11 is 5.79. The van der Waals surface area contributed by atoms with E-state index >= 15 is 0 Å². The topological polar surface area (TPSA) is 69.2 Å². The Hall–Kier alpha value is -1.81. The van der Waals surface area contributed by atoms with Crippen molar-refractivity contribution in [2.75, 3.05) is 5.32 Å². The summed E-state index contributed by atoms with van der Waals surface area (Å²) in [5.74, 6) is -2.84. The van der Waals surface area contributed by atoms with E-state index in [2.05, 4.69) is 5.32 Å². The SMILES string of the molecule is CC1=C(C)C[C@@H](C(=O)Nc2ccc(Cl)cc2)[C@H](C(=O)[O-])C1. The van der Waals surface area contributed by atoms with Crippen molar-refractivity contribution in [2.24, 2.45) is 11.8 Å². The van der Waals surface area contributed by atoms with Crippen LogP contribution < -0.4 is 10.4 Å². The van der Waals surface area contributed by atoms with E-state index in [-0.39, 0.29) is 5.91 Å². The lowest BCUT2D eigenvalue weighted by Crippen LogP contribution is -2.42. The number of hydrogen-bond acceptors (Lipinski definition) is 3. The van der Waals surface area contributed by atoms with Gasteiger partial charge in [0, 0.05) is 22.6 Å². The molecule has 2 rings (SSSR count). The molecule has 1 aliphatic carbocycles. The molecule has 4 nitrogen and oxygen atoms in total. The number of halogens is 1. The van der Waals surface area contributed by atoms with Crippen molar-refractivity contribution >= 4 is 29.2 Å². The number of carbonyl (C=O) groups excluding carboxylic acids is 2. The molecule has 1 aromatic carbocycles. The zero-order valence-corrected chi connectivity index (χ0v) is 12.7. The second kappa shape index (κ2) is 6.31. The number of amides is 1. The number of anilines is 1. The van der Waals surface area contributed by atoms with Crippen LogP contribution in [0.1, 0.15) is 26.7 Å². The van der Waals surface area contributed by atoms with E-state index in [4.69, 9.17) is 11.6 Å². The normalized spacial score (nSPS) is 22.0. The van der Waals surface area contributed by atoms with Crippen LogP contribution in [0, 0.1) is 11.8 Å². The monoisotopic (exact) mass is 306 g/mol. The van der Waals surface area contributed by atoms with E-state index in [9.17, 15) is 14.7 Å². The summed E-state index contributed by atoms with van der Waals surface area (Å²) in [6.45, 7) is 3.84. The standard InChI is InChI=1S/C16H18ClNO3/c1-9-7-13(14(16(20)21)8-10(9)2)15(19)18-12-5-3-11(17)4-6-12/h3-6,13-14H,7-8H2,1-2H3,(H,18,19)(H,20,21)/p-1/t13-,14-/m1/s1. The lowest BCUT2D eigenvalue weighted by atomic mass is 9.76. The third-order valence-electron chi connectivity index (χ3n) is 4.02. The van der Waals surface area contributed by atoms with Crippen LogP contribution in [0.25, 0.3) is 0 Å². The van der Waals surface area contributed by atoms with Gasteiger partial charge in [0.1, 0.15) is 0 Å². The second-order valence-corrected chi connectivity index (χ2v) is 5.93. The molecular formula is C16H17ClNO3-. The first-order chi connectivity index (χ1) is 9.88. The lowest BCUT2D eigenvalue weighted by molar-refractivity contribution is -0.313. The van der Waals surface area contributed by atoms with Gasteiger partial charge in [0.2, 0.25) is 5.91 Å². The van der Waals surface area contributed by atoms with Crippen LogP contribution in [-0.4, -0.2) is 11.9 Å². The first-order valence-corrected chi connectivity index (χ1v) is 7.18. The van der Waals surface area contributed by atoms with Crippen LogP contribution in [0.3, 0.4) is 0 Å². The molecule has 0 saturated heterocycles. The van der Waals surface area contributed by atoms with Gasteiger partial charge in [-0.05, 0) is 51.0 Å². The maximum absolute atomic E-state index is 12.4. The molecule has 0 unspecified atom stereocenters. The first kappa shape index (κ1) is 15.6. The minimum absolute atomic E-state index is 0.293. The Balaban J connectivity index is 2.16. The molecule has 0 aromatic heterocycles. The molecule has 0 aliphatic heterocycles. The van der Waals surface area contributed by atoms with Crippen molar-refractivity contribution in [1.29, 1.82) is 0 Å². The molecular weight excluding hydrogens is 290 g/mol. The summed E-state index contributed by atoms with van der Waals surface area (Å²) in [6.07, 6.45) is 0.816. The van der Waals surface area contributed by atoms with Gasteiger partial charge in [0.25, 0.3) is 0 Å². The van der Waals surface area contributed by atoms with Gasteiger partial charge >= 0.3 is 0 Å². The maximum Gasteiger partial charge on any atom is 0.228 e. The van der Waals surface area contributed by atoms with Gasteiger partial charge in [-0.1, -0.05) is 22.7 Å². The minimum Gasteiger partial charge on any atom is -0.550 e. The largest absolute Gasteiger partial charge is 0.550 e. The molecule has 0 bridgehead atoms. The van der Waals surface area contributed by atoms with Gasteiger partial charge in [-0.3, -0.25) is 4.79 Å². The van der Waals surface area contributed by atoms with E-state index in [0.29, 0.717) is 23.6 Å². The van der Waals surface area contributed by atoms with Crippen molar-refractivity contribution in [3.63, 3.8) is 0 Å². The van der Waals surface area contributed by atoms with Gasteiger partial charge in [0.15, 0.2) is 0 Å². The van der Waals surface area contributed by atoms with Gasteiger partial charge in [-0.15, -0.1) is 0 Å². The highest BCUT2D eigenvalue weighted by atomic mass is 35.5. The molecule has 1 amide bonds. The molecule has 1 N–H and O–H groups in total. The summed E-state index contributed by atoms with van der Waals surface area (Å²) in [5, 5.41) is 14.6. The van der Waals surface area contributed by atoms with Crippen molar-refractivity contribution in [3.05, 3.63) is 40.4 Å². The fraction of sp³-hybridized carbons (Fsp3) is 0.375. The van der Waals surface area contributed by atoms with Crippen LogP contribution >= 0.6 is 11.6 Å². The number of carboxylic acids is 1. The molecule has 0 spiro atoms. The zero-order valence-electron chi connectivity index (χ0n) is 12.0. The summed E-state index contributed by atoms with van der Waals surface area (Å²) < 4.78 is 0. The van der Waals surface area contributed by atoms with Crippen LogP contribution in [0.5, 0.6) is 0 Å². The number of nitrogens with one attached hydrogen (secondary N) is 1. The number of aliphatic carboxylic acids is 1. The molecule has 5 heteroatoms. The van der Waals surface area contributed by atoms with E-state index in [1.807, 2.05) is 13.8 Å². The van der Waals surface area contributed by atoms with Gasteiger partial charge in [-0.2, -0.15) is 0 Å². The number of rotatable bonds is 3. The number of carbonyl (C=O) groups is 2. The van der Waals surface area contributed by atoms with Gasteiger partial charge < -0.3 is 15.2 Å². The Kier molecular flexibility index (Phi) is 4.68. The average molecular weight is 307 g/mol. The van der Waals surface area contributed by atoms with Gasteiger partial charge in [-0.25, -0.2) is 0 Å². The summed E-state index contributed by atoms with van der Waals surface area (Å²) in [7, 11) is 0. The molecule has 0 fully saturated rings. The smallest absolute Gasteiger partial charge is 0.228 e. The quantitative estimate of drug-likeness (QED) is 0.872. The predicted octanol–water partition coefficient (Wildman–Crippen LogP) is 2.39. The van der Waals surface area contributed by atoms with E-state index in [1.54, 1.807) is 24.3 Å². The first-order valence-electron chi connectivity index (χ1n) is 6.81. The number of hydrogen-bond donors (Lipinski definition) is 1. The van der Waals surface area contributed by atoms with Crippen molar-refractivity contribution in [1.82, 2.24) is 0 Å². The third-order valence-corrected chi connectivity index (χ3v) is 4.27. The maximum atomic E-state index is 12.4. The van der Waals surface area contributed by atoms with Gasteiger partial charge in [0.05, 0.1) is 5.92 Å². The number of allylic oxidation sites excluding steroid dienone is 2. The Labute approximate surface area is 128 Å². The molecule has 2 atom stereocenters. The molecule has 0 heterocycles. The molecule has 0 saturated carbocycles. The Morgan fingerprint density at radius 3 is 2.14 bits per heavy atom. The Morgan fingerprint density at radius 2 is 1.62 bits per heavy atom. The van der Waals surface area contributed by atoms with Crippen LogP contribution in [0.15, 0.2) is 35.4 Å². The molecule has 0 radical (unpaired) electrons. The lowest BCUT2D eigenvalue weighted by Gasteiger charge is -2.32. The molecule has 21 heavy (non-hydrogen) atoms. The van der Waals surface area contributed by atoms with Crippen LogP contribution in [-0.2, 0) is 9.59 Å². The minimum atomic E-state index is -1.17. The zero-order chi connectivity index (χ0) is 15.6. The summed E-state index contributed by atoms with van der Waals surface area (Å²) in [5.41, 5.74) is 2.70. The summed E-state index contributed by atoms with van der Waals surface area (Å²) in [4.78, 5) is 23.6. The third kappa shape index (κ3) is 3.64. The highest BCUT2D eigenvalue weighted by Gasteiger charge is 2.33. The Bertz CT molecular complexity index is 592. The Morgan fingerprint density at radius 1 is 1.10 bits per heavy atom. The average Bonchev–Trinajstić information content (AvgIpc) is 2.43. The van der Waals surface area contributed by atoms with Crippen molar-refractivity contribution < 1.29 is 14.7 Å². The van der Waals surface area contributed by atoms with Crippen LogP contribution in [0.2, 0.25) is 5.02 Å². The summed E-state index contributed by atoms with van der Waals surface area (Å²) in [6, 6.07) is 6.71. The highest BCUT2D eigenvalue weighted by molar-refractivity contribution is 6.30. The van der Waals surface area contributed by atoms with Crippen molar-refractivity contribution in [2.45, 2.75) is 26.7 Å². The second-order valence-electron chi connectivity index (χ2n) is 5.50. The number of benzene rings is 1. The fourth-order valence-electron chi connectivity index (χ4n) is 2.58. The number of carboxylic acid groups (broad SMARTS) is 1. The van der Waals surface area contributed by atoms with Crippen molar-refractivity contribution in [3.8, 4) is 0 Å². The highest BCUT2D eigenvalue weighted by Crippen LogP contribution is 2.34. The molecule has 1 aliphatic rings. The van der Waals surface area contributed by atoms with E-state index < -0.39 is 17.8 Å². The molecule has 1 aromatic rings. The molecule has 112 valence electrons. The van der Waals surface area contributed by atoms with Crippen LogP contribution in [0.4, 0.5) is 5.69 Å².